The Morgan fingerprint density at radius 2 is 1.96 bits per heavy atom. The third kappa shape index (κ3) is 2.25. The van der Waals surface area contributed by atoms with E-state index in [1.807, 2.05) is 13.0 Å². The molecule has 1 N–H and O–H groups in total. The average molecular weight is 370 g/mol. The van der Waals surface area contributed by atoms with Crippen molar-refractivity contribution < 1.29 is 23.1 Å². The quantitative estimate of drug-likeness (QED) is 0.701. The lowest BCUT2D eigenvalue weighted by molar-refractivity contribution is -0.307. The number of carbonyl (C=O) groups excluding carboxylic acids is 1. The first-order valence-electron chi connectivity index (χ1n) is 10.2. The Kier molecular flexibility index (Phi) is 4.15. The molecule has 5 heteroatoms. The lowest BCUT2D eigenvalue weighted by atomic mass is 9.47. The Morgan fingerprint density at radius 1 is 1.23 bits per heavy atom. The minimum Gasteiger partial charge on any atom is -0.380 e. The van der Waals surface area contributed by atoms with E-state index in [0.29, 0.717) is 37.5 Å². The van der Waals surface area contributed by atoms with E-state index in [1.54, 1.807) is 0 Å². The summed E-state index contributed by atoms with van der Waals surface area (Å²) in [7, 11) is 0. The molecule has 26 heavy (non-hydrogen) atoms. The molecule has 4 aliphatic carbocycles. The van der Waals surface area contributed by atoms with Crippen LogP contribution in [0.1, 0.15) is 65.2 Å². The van der Waals surface area contributed by atoms with Gasteiger partial charge in [0.1, 0.15) is 0 Å². The number of carbonyl (C=O) groups is 1. The van der Waals surface area contributed by atoms with Crippen molar-refractivity contribution in [3.05, 3.63) is 11.6 Å². The summed E-state index contributed by atoms with van der Waals surface area (Å²) in [5.41, 5.74) is -2.34. The van der Waals surface area contributed by atoms with E-state index in [9.17, 15) is 23.1 Å². The summed E-state index contributed by atoms with van der Waals surface area (Å²) in [6.07, 6.45) is 1.41. The predicted octanol–water partition coefficient (Wildman–Crippen LogP) is 5.06. The molecule has 2 nitrogen and oxygen atoms in total. The van der Waals surface area contributed by atoms with Gasteiger partial charge in [0.2, 0.25) is 0 Å². The summed E-state index contributed by atoms with van der Waals surface area (Å²) in [6.45, 7) is 3.97. The lowest BCUT2D eigenvalue weighted by Gasteiger charge is -2.58. The molecule has 146 valence electrons. The highest BCUT2D eigenvalue weighted by Gasteiger charge is 2.73. The molecule has 0 aliphatic heterocycles. The number of hydrogen-bond donors (Lipinski definition) is 1. The molecule has 0 aromatic carbocycles. The Bertz CT molecular complexity index is 640. The van der Waals surface area contributed by atoms with Gasteiger partial charge in [0.15, 0.2) is 11.4 Å². The maximum atomic E-state index is 13.9. The second kappa shape index (κ2) is 5.83. The van der Waals surface area contributed by atoms with E-state index in [4.69, 9.17) is 0 Å². The largest absolute Gasteiger partial charge is 0.417 e. The van der Waals surface area contributed by atoms with Crippen LogP contribution in [-0.2, 0) is 4.79 Å². The van der Waals surface area contributed by atoms with Gasteiger partial charge in [-0.05, 0) is 80.6 Å². The van der Waals surface area contributed by atoms with Gasteiger partial charge in [0.05, 0.1) is 0 Å². The van der Waals surface area contributed by atoms with Crippen molar-refractivity contribution in [2.24, 2.45) is 35.0 Å². The first kappa shape index (κ1) is 18.5. The van der Waals surface area contributed by atoms with Gasteiger partial charge in [-0.15, -0.1) is 0 Å². The smallest absolute Gasteiger partial charge is 0.380 e. The zero-order chi connectivity index (χ0) is 18.9. The standard InChI is InChI=1S/C21H29F3O2/c1-3-19-8-6-16-15-5-4-14(25)11-13(15)10-12(2)18(16)17(19)7-9-20(19,26)21(22,23)24/h11-12,15-18,26H,3-10H2,1-2H3/t12?,15-,16+,17-,18+,19?,20?/m0/s1. The number of alkyl halides is 3. The fraction of sp³-hybridized carbons (Fsp3) is 0.857. The number of hydrogen-bond acceptors (Lipinski definition) is 2. The summed E-state index contributed by atoms with van der Waals surface area (Å²) < 4.78 is 41.7. The van der Waals surface area contributed by atoms with Gasteiger partial charge >= 0.3 is 6.18 Å². The van der Waals surface area contributed by atoms with Crippen LogP contribution in [-0.4, -0.2) is 22.7 Å². The van der Waals surface area contributed by atoms with E-state index in [-0.39, 0.29) is 30.0 Å². The van der Waals surface area contributed by atoms with Crippen molar-refractivity contribution in [3.8, 4) is 0 Å². The van der Waals surface area contributed by atoms with E-state index in [0.717, 1.165) is 19.3 Å². The Hall–Kier alpha value is -0.840. The summed E-state index contributed by atoms with van der Waals surface area (Å²) in [5.74, 6) is 1.39. The highest BCUT2D eigenvalue weighted by atomic mass is 19.4. The number of allylic oxidation sites excluding steroid dienone is 1. The molecule has 0 saturated heterocycles. The zero-order valence-electron chi connectivity index (χ0n) is 15.6. The molecule has 4 rings (SSSR count). The SMILES string of the molecule is CCC12CC[C@H]3[C@@H](C(C)CC4=CC(=O)CC[C@@H]43)[C@@H]1CCC2(O)C(F)(F)F. The molecule has 0 heterocycles. The molecule has 0 bridgehead atoms. The summed E-state index contributed by atoms with van der Waals surface area (Å²) in [6, 6.07) is 0. The van der Waals surface area contributed by atoms with Crippen LogP contribution in [0, 0.1) is 35.0 Å². The van der Waals surface area contributed by atoms with Crippen molar-refractivity contribution in [3.63, 3.8) is 0 Å². The summed E-state index contributed by atoms with van der Waals surface area (Å²) in [4.78, 5) is 11.8. The number of fused-ring (bicyclic) bond motifs is 5. The van der Waals surface area contributed by atoms with Gasteiger partial charge in [-0.2, -0.15) is 13.2 Å². The molecular weight excluding hydrogens is 341 g/mol. The van der Waals surface area contributed by atoms with E-state index in [1.165, 1.54) is 5.57 Å². The minimum absolute atomic E-state index is 0.0629. The van der Waals surface area contributed by atoms with Crippen LogP contribution >= 0.6 is 0 Å². The molecule has 0 amide bonds. The fourth-order valence-electron chi connectivity index (χ4n) is 7.58. The maximum Gasteiger partial charge on any atom is 0.417 e. The van der Waals surface area contributed by atoms with Crippen LogP contribution in [0.25, 0.3) is 0 Å². The highest BCUT2D eigenvalue weighted by Crippen LogP contribution is 2.69. The van der Waals surface area contributed by atoms with Crippen LogP contribution in [0.2, 0.25) is 0 Å². The first-order valence-corrected chi connectivity index (χ1v) is 10.2. The second-order valence-corrected chi connectivity index (χ2v) is 9.30. The molecule has 0 aromatic rings. The van der Waals surface area contributed by atoms with Crippen molar-refractivity contribution in [1.29, 1.82) is 0 Å². The van der Waals surface area contributed by atoms with Crippen molar-refractivity contribution in [1.82, 2.24) is 0 Å². The summed E-state index contributed by atoms with van der Waals surface area (Å²) in [5, 5.41) is 10.8. The normalized spacial score (nSPS) is 48.5. The van der Waals surface area contributed by atoms with Crippen LogP contribution in [0.3, 0.4) is 0 Å². The molecule has 3 unspecified atom stereocenters. The molecule has 3 saturated carbocycles. The Morgan fingerprint density at radius 3 is 2.62 bits per heavy atom. The molecule has 3 fully saturated rings. The van der Waals surface area contributed by atoms with E-state index < -0.39 is 17.2 Å². The van der Waals surface area contributed by atoms with Crippen LogP contribution in [0.15, 0.2) is 11.6 Å². The molecule has 7 atom stereocenters. The monoisotopic (exact) mass is 370 g/mol. The molecule has 0 spiro atoms. The van der Waals surface area contributed by atoms with E-state index >= 15 is 0 Å². The fourth-order valence-corrected chi connectivity index (χ4v) is 7.58. The lowest BCUT2D eigenvalue weighted by Crippen LogP contribution is -2.61. The van der Waals surface area contributed by atoms with Crippen LogP contribution < -0.4 is 0 Å². The Balaban J connectivity index is 1.73. The topological polar surface area (TPSA) is 37.3 Å². The van der Waals surface area contributed by atoms with Gasteiger partial charge in [-0.3, -0.25) is 4.79 Å². The minimum atomic E-state index is -4.56. The molecule has 0 aromatic heterocycles. The van der Waals surface area contributed by atoms with Crippen molar-refractivity contribution in [2.45, 2.75) is 77.0 Å². The number of halogens is 3. The van der Waals surface area contributed by atoms with Gasteiger partial charge < -0.3 is 5.11 Å². The zero-order valence-corrected chi connectivity index (χ0v) is 15.6. The average Bonchev–Trinajstić information content (AvgIpc) is 2.89. The second-order valence-electron chi connectivity index (χ2n) is 9.30. The highest BCUT2D eigenvalue weighted by molar-refractivity contribution is 5.91. The van der Waals surface area contributed by atoms with Gasteiger partial charge in [0.25, 0.3) is 0 Å². The predicted molar refractivity (Wildman–Crippen MR) is 92.3 cm³/mol. The van der Waals surface area contributed by atoms with Crippen LogP contribution in [0.5, 0.6) is 0 Å². The summed E-state index contributed by atoms with van der Waals surface area (Å²) >= 11 is 0. The van der Waals surface area contributed by atoms with Gasteiger partial charge in [-0.1, -0.05) is 19.4 Å². The van der Waals surface area contributed by atoms with Gasteiger partial charge in [-0.25, -0.2) is 0 Å². The maximum absolute atomic E-state index is 13.9. The number of ketones is 1. The number of rotatable bonds is 1. The van der Waals surface area contributed by atoms with Crippen molar-refractivity contribution in [2.75, 3.05) is 0 Å². The molecular formula is C21H29F3O2. The third-order valence-corrected chi connectivity index (χ3v) is 8.59. The van der Waals surface area contributed by atoms with Crippen molar-refractivity contribution >= 4 is 5.78 Å². The number of aliphatic hydroxyl groups is 1. The first-order chi connectivity index (χ1) is 12.1. The third-order valence-electron chi connectivity index (χ3n) is 8.59. The Labute approximate surface area is 153 Å². The molecule has 4 aliphatic rings. The molecule has 0 radical (unpaired) electrons. The van der Waals surface area contributed by atoms with Gasteiger partial charge in [0, 0.05) is 11.8 Å². The van der Waals surface area contributed by atoms with E-state index in [2.05, 4.69) is 6.92 Å². The van der Waals surface area contributed by atoms with Crippen LogP contribution in [0.4, 0.5) is 13.2 Å².